The Labute approximate surface area is 129 Å². The van der Waals surface area contributed by atoms with Gasteiger partial charge >= 0.3 is 0 Å². The van der Waals surface area contributed by atoms with Crippen molar-refractivity contribution in [2.24, 2.45) is 17.1 Å². The monoisotopic (exact) mass is 296 g/mol. The molecule has 0 saturated heterocycles. The number of ether oxygens (including phenoxy) is 1. The molecule has 0 aliphatic heterocycles. The number of rotatable bonds is 5. The van der Waals surface area contributed by atoms with Crippen molar-refractivity contribution in [3.63, 3.8) is 0 Å². The predicted octanol–water partition coefficient (Wildman–Crippen LogP) is 2.56. The van der Waals surface area contributed by atoms with Crippen LogP contribution in [0, 0.1) is 11.3 Å². The Morgan fingerprint density at radius 3 is 2.48 bits per heavy atom. The minimum absolute atomic E-state index is 0.0926. The lowest BCUT2D eigenvalue weighted by Crippen LogP contribution is -2.66. The molecule has 2 aliphatic carbocycles. The first kappa shape index (κ1) is 16.8. The number of hydrogen-bond donors (Lipinski definition) is 1. The van der Waals surface area contributed by atoms with Crippen molar-refractivity contribution in [3.8, 4) is 0 Å². The number of hydrogen-bond acceptors (Lipinski definition) is 3. The molecule has 2 rings (SSSR count). The van der Waals surface area contributed by atoms with E-state index in [9.17, 15) is 4.79 Å². The van der Waals surface area contributed by atoms with Crippen LogP contribution in [0.1, 0.15) is 59.3 Å². The largest absolute Gasteiger partial charge is 0.378 e. The highest BCUT2D eigenvalue weighted by Crippen LogP contribution is 2.55. The second kappa shape index (κ2) is 6.66. The van der Waals surface area contributed by atoms with Crippen LogP contribution in [0.25, 0.3) is 0 Å². The highest BCUT2D eigenvalue weighted by molar-refractivity contribution is 5.79. The standard InChI is InChI=1S/C17H32N2O2/c1-5-21-15-11-14(17(15)9-7-6-8-10-17)19(4)16(20)12(2)13(3)18/h12-15H,5-11,18H2,1-4H3. The number of carbonyl (C=O) groups excluding carboxylic acids is 1. The van der Waals surface area contributed by atoms with E-state index < -0.39 is 0 Å². The van der Waals surface area contributed by atoms with Gasteiger partial charge < -0.3 is 15.4 Å². The summed E-state index contributed by atoms with van der Waals surface area (Å²) < 4.78 is 5.98. The Morgan fingerprint density at radius 1 is 1.33 bits per heavy atom. The topological polar surface area (TPSA) is 55.6 Å². The van der Waals surface area contributed by atoms with Gasteiger partial charge in [-0.3, -0.25) is 4.79 Å². The molecule has 0 heterocycles. The Hall–Kier alpha value is -0.610. The summed E-state index contributed by atoms with van der Waals surface area (Å²) in [4.78, 5) is 14.6. The molecule has 0 bridgehead atoms. The zero-order valence-corrected chi connectivity index (χ0v) is 14.1. The molecule has 2 aliphatic rings. The van der Waals surface area contributed by atoms with Crippen molar-refractivity contribution in [3.05, 3.63) is 0 Å². The molecule has 122 valence electrons. The normalized spacial score (nSPS) is 30.5. The summed E-state index contributed by atoms with van der Waals surface area (Å²) in [6.45, 7) is 6.69. The fraction of sp³-hybridized carbons (Fsp3) is 0.941. The van der Waals surface area contributed by atoms with Crippen molar-refractivity contribution in [2.75, 3.05) is 13.7 Å². The molecule has 4 unspecified atom stereocenters. The molecule has 4 atom stereocenters. The fourth-order valence-corrected chi connectivity index (χ4v) is 4.27. The van der Waals surface area contributed by atoms with Crippen LogP contribution in [0.3, 0.4) is 0 Å². The molecule has 2 saturated carbocycles. The molecule has 1 amide bonds. The summed E-state index contributed by atoms with van der Waals surface area (Å²) in [6.07, 6.45) is 7.59. The van der Waals surface area contributed by atoms with Crippen molar-refractivity contribution < 1.29 is 9.53 Å². The van der Waals surface area contributed by atoms with Crippen LogP contribution < -0.4 is 5.73 Å². The number of amides is 1. The van der Waals surface area contributed by atoms with E-state index in [2.05, 4.69) is 6.92 Å². The molecular formula is C17H32N2O2. The van der Waals surface area contributed by atoms with E-state index >= 15 is 0 Å². The first-order valence-corrected chi connectivity index (χ1v) is 8.58. The van der Waals surface area contributed by atoms with Crippen LogP contribution in [0.5, 0.6) is 0 Å². The third kappa shape index (κ3) is 2.98. The predicted molar refractivity (Wildman–Crippen MR) is 84.9 cm³/mol. The van der Waals surface area contributed by atoms with Crippen molar-refractivity contribution in [1.82, 2.24) is 4.90 Å². The SMILES string of the molecule is CCOC1CC(N(C)C(=O)C(C)C(C)N)C12CCCCC2. The molecule has 2 N–H and O–H groups in total. The van der Waals surface area contributed by atoms with E-state index in [1.807, 2.05) is 25.8 Å². The summed E-state index contributed by atoms with van der Waals surface area (Å²) in [5.41, 5.74) is 6.11. The average molecular weight is 296 g/mol. The zero-order chi connectivity index (χ0) is 15.6. The number of carbonyl (C=O) groups is 1. The Morgan fingerprint density at radius 2 is 1.95 bits per heavy atom. The van der Waals surface area contributed by atoms with E-state index in [4.69, 9.17) is 10.5 Å². The fourth-order valence-electron chi connectivity index (χ4n) is 4.27. The first-order chi connectivity index (χ1) is 9.94. The minimum Gasteiger partial charge on any atom is -0.378 e. The van der Waals surface area contributed by atoms with E-state index in [-0.39, 0.29) is 23.3 Å². The highest BCUT2D eigenvalue weighted by atomic mass is 16.5. The Balaban J connectivity index is 2.10. The molecule has 0 aromatic heterocycles. The molecule has 0 aromatic carbocycles. The van der Waals surface area contributed by atoms with Crippen molar-refractivity contribution in [1.29, 1.82) is 0 Å². The second-order valence-corrected chi connectivity index (χ2v) is 7.09. The summed E-state index contributed by atoms with van der Waals surface area (Å²) in [6, 6.07) is 0.244. The van der Waals surface area contributed by atoms with Crippen LogP contribution in [0.4, 0.5) is 0 Å². The lowest BCUT2D eigenvalue weighted by Gasteiger charge is -2.60. The van der Waals surface area contributed by atoms with E-state index in [0.717, 1.165) is 13.0 Å². The smallest absolute Gasteiger partial charge is 0.226 e. The van der Waals surface area contributed by atoms with Crippen LogP contribution in [0.15, 0.2) is 0 Å². The quantitative estimate of drug-likeness (QED) is 0.848. The molecule has 21 heavy (non-hydrogen) atoms. The van der Waals surface area contributed by atoms with Gasteiger partial charge in [0.15, 0.2) is 0 Å². The zero-order valence-electron chi connectivity index (χ0n) is 14.1. The third-order valence-corrected chi connectivity index (χ3v) is 5.89. The van der Waals surface area contributed by atoms with Gasteiger partial charge in [-0.25, -0.2) is 0 Å². The van der Waals surface area contributed by atoms with Crippen LogP contribution in [-0.2, 0) is 9.53 Å². The molecule has 1 spiro atoms. The highest BCUT2D eigenvalue weighted by Gasteiger charge is 2.58. The van der Waals surface area contributed by atoms with Gasteiger partial charge in [0.25, 0.3) is 0 Å². The van der Waals surface area contributed by atoms with Gasteiger partial charge in [-0.05, 0) is 33.1 Å². The van der Waals surface area contributed by atoms with E-state index in [1.54, 1.807) is 0 Å². The van der Waals surface area contributed by atoms with Crippen LogP contribution in [0.2, 0.25) is 0 Å². The van der Waals surface area contributed by atoms with Crippen molar-refractivity contribution >= 4 is 5.91 Å². The average Bonchev–Trinajstić information content (AvgIpc) is 2.49. The summed E-state index contributed by atoms with van der Waals surface area (Å²) in [5.74, 6) is 0.0803. The van der Waals surface area contributed by atoms with Gasteiger partial charge in [0.1, 0.15) is 0 Å². The lowest BCUT2D eigenvalue weighted by molar-refractivity contribution is -0.186. The number of nitrogens with zero attached hydrogens (tertiary/aromatic N) is 1. The van der Waals surface area contributed by atoms with Crippen LogP contribution in [-0.4, -0.2) is 42.6 Å². The van der Waals surface area contributed by atoms with Gasteiger partial charge in [0.2, 0.25) is 5.91 Å². The van der Waals surface area contributed by atoms with Gasteiger partial charge in [-0.15, -0.1) is 0 Å². The molecule has 2 fully saturated rings. The number of nitrogens with two attached hydrogens (primary N) is 1. The summed E-state index contributed by atoms with van der Waals surface area (Å²) in [7, 11) is 1.96. The Kier molecular flexibility index (Phi) is 5.31. The van der Waals surface area contributed by atoms with Gasteiger partial charge in [0, 0.05) is 31.2 Å². The molecule has 4 heteroatoms. The summed E-state index contributed by atoms with van der Waals surface area (Å²) in [5, 5.41) is 0. The maximum Gasteiger partial charge on any atom is 0.226 e. The van der Waals surface area contributed by atoms with Gasteiger partial charge in [0.05, 0.1) is 12.0 Å². The van der Waals surface area contributed by atoms with E-state index in [1.165, 1.54) is 32.1 Å². The minimum atomic E-state index is -0.109. The summed E-state index contributed by atoms with van der Waals surface area (Å²) >= 11 is 0. The Bertz CT molecular complexity index is 364. The maximum absolute atomic E-state index is 12.6. The third-order valence-electron chi connectivity index (χ3n) is 5.89. The first-order valence-electron chi connectivity index (χ1n) is 8.58. The molecular weight excluding hydrogens is 264 g/mol. The molecule has 0 aromatic rings. The second-order valence-electron chi connectivity index (χ2n) is 7.09. The van der Waals surface area contributed by atoms with Gasteiger partial charge in [-0.1, -0.05) is 26.2 Å². The molecule has 0 radical (unpaired) electrons. The lowest BCUT2D eigenvalue weighted by atomic mass is 9.54. The van der Waals surface area contributed by atoms with Crippen LogP contribution >= 0.6 is 0 Å². The maximum atomic E-state index is 12.6. The molecule has 4 nitrogen and oxygen atoms in total. The van der Waals surface area contributed by atoms with Gasteiger partial charge in [-0.2, -0.15) is 0 Å². The van der Waals surface area contributed by atoms with Crippen molar-refractivity contribution in [2.45, 2.75) is 77.5 Å². The van der Waals surface area contributed by atoms with E-state index in [0.29, 0.717) is 12.1 Å².